The van der Waals surface area contributed by atoms with Crippen molar-refractivity contribution in [2.45, 2.75) is 19.3 Å². The average molecular weight is 210 g/mol. The first-order chi connectivity index (χ1) is 7.20. The van der Waals surface area contributed by atoms with Gasteiger partial charge in [0.2, 0.25) is 11.8 Å². The third kappa shape index (κ3) is 1.79. The van der Waals surface area contributed by atoms with Gasteiger partial charge in [0.25, 0.3) is 0 Å². The van der Waals surface area contributed by atoms with Gasteiger partial charge in [0.1, 0.15) is 0 Å². The maximum Gasteiger partial charge on any atom is 0.374 e. The van der Waals surface area contributed by atoms with Gasteiger partial charge in [0.05, 0.1) is 0 Å². The molecule has 0 aromatic carbocycles. The van der Waals surface area contributed by atoms with E-state index >= 15 is 0 Å². The van der Waals surface area contributed by atoms with E-state index in [0.717, 1.165) is 25.9 Å². The van der Waals surface area contributed by atoms with Crippen molar-refractivity contribution in [1.82, 2.24) is 14.8 Å². The molecule has 0 aliphatic carbocycles. The molecule has 0 saturated carbocycles. The standard InChI is InChI=1S/C9H14N4O2/c1-12-7(8(14)15)10-11-9(12)13-5-3-2-4-6-13/h2-6H2,1H3,(H,14,15). The maximum absolute atomic E-state index is 10.8. The third-order valence-corrected chi connectivity index (χ3v) is 2.68. The van der Waals surface area contributed by atoms with E-state index in [9.17, 15) is 4.79 Å². The van der Waals surface area contributed by atoms with Crippen LogP contribution in [0, 0.1) is 0 Å². The molecule has 1 saturated heterocycles. The van der Waals surface area contributed by atoms with Crippen LogP contribution >= 0.6 is 0 Å². The number of nitrogens with zero attached hydrogens (tertiary/aromatic N) is 4. The minimum Gasteiger partial charge on any atom is -0.475 e. The van der Waals surface area contributed by atoms with E-state index in [-0.39, 0.29) is 5.82 Å². The Hall–Kier alpha value is -1.59. The molecule has 0 radical (unpaired) electrons. The summed E-state index contributed by atoms with van der Waals surface area (Å²) in [4.78, 5) is 12.9. The van der Waals surface area contributed by atoms with Crippen LogP contribution in [-0.4, -0.2) is 38.9 Å². The first-order valence-electron chi connectivity index (χ1n) is 5.08. The minimum atomic E-state index is -1.03. The van der Waals surface area contributed by atoms with Gasteiger partial charge in [-0.3, -0.25) is 4.57 Å². The largest absolute Gasteiger partial charge is 0.475 e. The average Bonchev–Trinajstić information content (AvgIpc) is 2.61. The summed E-state index contributed by atoms with van der Waals surface area (Å²) >= 11 is 0. The molecule has 2 heterocycles. The fourth-order valence-corrected chi connectivity index (χ4v) is 1.88. The van der Waals surface area contributed by atoms with Crippen molar-refractivity contribution in [2.24, 2.45) is 7.05 Å². The lowest BCUT2D eigenvalue weighted by Gasteiger charge is -2.26. The molecule has 1 aromatic rings. The van der Waals surface area contributed by atoms with E-state index in [1.165, 1.54) is 11.0 Å². The molecule has 1 fully saturated rings. The lowest BCUT2D eigenvalue weighted by Crippen LogP contribution is -2.31. The van der Waals surface area contributed by atoms with Crippen LogP contribution in [0.2, 0.25) is 0 Å². The van der Waals surface area contributed by atoms with E-state index in [1.807, 2.05) is 0 Å². The van der Waals surface area contributed by atoms with Crippen molar-refractivity contribution in [3.05, 3.63) is 5.82 Å². The summed E-state index contributed by atoms with van der Waals surface area (Å²) in [6, 6.07) is 0. The number of carbonyl (C=O) groups is 1. The monoisotopic (exact) mass is 210 g/mol. The summed E-state index contributed by atoms with van der Waals surface area (Å²) in [6.45, 7) is 1.87. The van der Waals surface area contributed by atoms with E-state index in [0.29, 0.717) is 5.95 Å². The van der Waals surface area contributed by atoms with Crippen molar-refractivity contribution < 1.29 is 9.90 Å². The van der Waals surface area contributed by atoms with Crippen LogP contribution in [0.3, 0.4) is 0 Å². The van der Waals surface area contributed by atoms with Crippen LogP contribution in [-0.2, 0) is 7.05 Å². The summed E-state index contributed by atoms with van der Waals surface area (Å²) < 4.78 is 1.54. The van der Waals surface area contributed by atoms with E-state index in [1.54, 1.807) is 7.05 Å². The lowest BCUT2D eigenvalue weighted by molar-refractivity contribution is 0.0679. The first-order valence-corrected chi connectivity index (χ1v) is 5.08. The second-order valence-corrected chi connectivity index (χ2v) is 3.74. The zero-order valence-corrected chi connectivity index (χ0v) is 8.68. The molecule has 82 valence electrons. The molecule has 6 heteroatoms. The predicted octanol–water partition coefficient (Wildman–Crippen LogP) is 0.504. The highest BCUT2D eigenvalue weighted by Crippen LogP contribution is 2.17. The fraction of sp³-hybridized carbons (Fsp3) is 0.667. The van der Waals surface area contributed by atoms with E-state index in [2.05, 4.69) is 15.1 Å². The van der Waals surface area contributed by atoms with Crippen LogP contribution in [0.4, 0.5) is 5.95 Å². The summed E-state index contributed by atoms with van der Waals surface area (Å²) in [5, 5.41) is 16.4. The SMILES string of the molecule is Cn1c(C(=O)O)nnc1N1CCCCC1. The van der Waals surface area contributed by atoms with Crippen molar-refractivity contribution >= 4 is 11.9 Å². The molecule has 0 atom stereocenters. The Morgan fingerprint density at radius 2 is 1.93 bits per heavy atom. The summed E-state index contributed by atoms with van der Waals surface area (Å²) in [7, 11) is 1.69. The Morgan fingerprint density at radius 3 is 2.47 bits per heavy atom. The summed E-state index contributed by atoms with van der Waals surface area (Å²) in [5.41, 5.74) is 0. The lowest BCUT2D eigenvalue weighted by atomic mass is 10.1. The molecule has 0 unspecified atom stereocenters. The first kappa shape index (κ1) is 9.95. The summed E-state index contributed by atoms with van der Waals surface area (Å²) in [6.07, 6.45) is 3.50. The van der Waals surface area contributed by atoms with Gasteiger partial charge in [0, 0.05) is 20.1 Å². The molecule has 15 heavy (non-hydrogen) atoms. The van der Waals surface area contributed by atoms with Crippen LogP contribution in [0.15, 0.2) is 0 Å². The Bertz CT molecular complexity index is 368. The highest BCUT2D eigenvalue weighted by Gasteiger charge is 2.20. The van der Waals surface area contributed by atoms with Gasteiger partial charge in [-0.25, -0.2) is 4.79 Å². The van der Waals surface area contributed by atoms with Crippen LogP contribution in [0.5, 0.6) is 0 Å². The van der Waals surface area contributed by atoms with Crippen LogP contribution in [0.1, 0.15) is 29.9 Å². The molecule has 0 spiro atoms. The van der Waals surface area contributed by atoms with Crippen molar-refractivity contribution in [2.75, 3.05) is 18.0 Å². The highest BCUT2D eigenvalue weighted by molar-refractivity contribution is 5.83. The molecule has 2 rings (SSSR count). The second kappa shape index (κ2) is 3.88. The van der Waals surface area contributed by atoms with Crippen LogP contribution < -0.4 is 4.90 Å². The number of carboxylic acids is 1. The maximum atomic E-state index is 10.8. The smallest absolute Gasteiger partial charge is 0.374 e. The Balaban J connectivity index is 2.24. The number of anilines is 1. The molecular weight excluding hydrogens is 196 g/mol. The Labute approximate surface area is 87.5 Å². The van der Waals surface area contributed by atoms with Crippen LogP contribution in [0.25, 0.3) is 0 Å². The topological polar surface area (TPSA) is 71.2 Å². The number of piperidine rings is 1. The molecule has 1 aromatic heterocycles. The molecule has 0 amide bonds. The number of aromatic nitrogens is 3. The van der Waals surface area contributed by atoms with Gasteiger partial charge in [-0.2, -0.15) is 0 Å². The van der Waals surface area contributed by atoms with E-state index in [4.69, 9.17) is 5.11 Å². The Morgan fingerprint density at radius 1 is 1.27 bits per heavy atom. The number of aromatic carboxylic acids is 1. The number of hydrogen-bond acceptors (Lipinski definition) is 4. The van der Waals surface area contributed by atoms with Gasteiger partial charge in [0.15, 0.2) is 0 Å². The molecule has 1 aliphatic rings. The van der Waals surface area contributed by atoms with Gasteiger partial charge >= 0.3 is 5.97 Å². The van der Waals surface area contributed by atoms with Gasteiger partial charge in [-0.1, -0.05) is 0 Å². The minimum absolute atomic E-state index is 0.00410. The highest BCUT2D eigenvalue weighted by atomic mass is 16.4. The predicted molar refractivity (Wildman–Crippen MR) is 54.0 cm³/mol. The molecule has 1 aliphatic heterocycles. The van der Waals surface area contributed by atoms with Crippen molar-refractivity contribution in [1.29, 1.82) is 0 Å². The fourth-order valence-electron chi connectivity index (χ4n) is 1.88. The Kier molecular flexibility index (Phi) is 2.57. The van der Waals surface area contributed by atoms with Gasteiger partial charge < -0.3 is 10.0 Å². The zero-order valence-electron chi connectivity index (χ0n) is 8.68. The van der Waals surface area contributed by atoms with Gasteiger partial charge in [-0.05, 0) is 19.3 Å². The molecular formula is C9H14N4O2. The normalized spacial score (nSPS) is 16.7. The quantitative estimate of drug-likeness (QED) is 0.769. The third-order valence-electron chi connectivity index (χ3n) is 2.68. The molecule has 1 N–H and O–H groups in total. The van der Waals surface area contributed by atoms with Crippen molar-refractivity contribution in [3.63, 3.8) is 0 Å². The molecule has 6 nitrogen and oxygen atoms in total. The number of carboxylic acid groups (broad SMARTS) is 1. The summed E-state index contributed by atoms with van der Waals surface area (Å²) in [5.74, 6) is -0.379. The zero-order chi connectivity index (χ0) is 10.8. The number of rotatable bonds is 2. The van der Waals surface area contributed by atoms with Gasteiger partial charge in [-0.15, -0.1) is 10.2 Å². The molecule has 0 bridgehead atoms. The second-order valence-electron chi connectivity index (χ2n) is 3.74. The van der Waals surface area contributed by atoms with E-state index < -0.39 is 5.97 Å². The number of hydrogen-bond donors (Lipinski definition) is 1. The van der Waals surface area contributed by atoms with Crippen molar-refractivity contribution in [3.8, 4) is 0 Å².